The van der Waals surface area contributed by atoms with E-state index in [1.54, 1.807) is 0 Å². The van der Waals surface area contributed by atoms with Gasteiger partial charge in [0.15, 0.2) is 0 Å². The Morgan fingerprint density at radius 1 is 1.64 bits per heavy atom. The highest BCUT2D eigenvalue weighted by atomic mass is 32.1. The predicted molar refractivity (Wildman–Crippen MR) is 55.2 cm³/mol. The van der Waals surface area contributed by atoms with Crippen LogP contribution in [0, 0.1) is 0 Å². The van der Waals surface area contributed by atoms with Crippen LogP contribution in [-0.2, 0) is 11.3 Å². The van der Waals surface area contributed by atoms with E-state index in [0.717, 1.165) is 31.7 Å². The highest BCUT2D eigenvalue weighted by Crippen LogP contribution is 2.23. The topological polar surface area (TPSA) is 47.0 Å². The molecule has 0 unspecified atom stereocenters. The van der Waals surface area contributed by atoms with E-state index in [2.05, 4.69) is 14.9 Å². The third-order valence-electron chi connectivity index (χ3n) is 2.47. The summed E-state index contributed by atoms with van der Waals surface area (Å²) in [5, 5.41) is 9.39. The SMILES string of the molecule is CCOC1CC(NCc2csnn2)C1. The summed E-state index contributed by atoms with van der Waals surface area (Å²) in [7, 11) is 0. The second-order valence-electron chi connectivity index (χ2n) is 3.52. The van der Waals surface area contributed by atoms with Gasteiger partial charge < -0.3 is 10.1 Å². The molecule has 14 heavy (non-hydrogen) atoms. The monoisotopic (exact) mass is 213 g/mol. The van der Waals surface area contributed by atoms with Crippen LogP contribution < -0.4 is 5.32 Å². The van der Waals surface area contributed by atoms with Crippen molar-refractivity contribution in [1.29, 1.82) is 0 Å². The van der Waals surface area contributed by atoms with Crippen LogP contribution in [-0.4, -0.2) is 28.3 Å². The highest BCUT2D eigenvalue weighted by Gasteiger charge is 2.28. The smallest absolute Gasteiger partial charge is 0.0893 e. The third kappa shape index (κ3) is 2.50. The molecule has 0 aromatic carbocycles. The first-order valence-electron chi connectivity index (χ1n) is 4.99. The molecule has 1 aromatic rings. The van der Waals surface area contributed by atoms with Crippen molar-refractivity contribution in [2.45, 2.75) is 38.5 Å². The Labute approximate surface area is 87.8 Å². The Bertz CT molecular complexity index is 259. The summed E-state index contributed by atoms with van der Waals surface area (Å²) in [6, 6.07) is 0.605. The minimum absolute atomic E-state index is 0.478. The first kappa shape index (κ1) is 10.0. The molecule has 1 aromatic heterocycles. The first-order chi connectivity index (χ1) is 6.88. The van der Waals surface area contributed by atoms with Crippen molar-refractivity contribution >= 4 is 11.5 Å². The second-order valence-corrected chi connectivity index (χ2v) is 4.13. The van der Waals surface area contributed by atoms with Gasteiger partial charge in [-0.1, -0.05) is 4.49 Å². The van der Waals surface area contributed by atoms with Gasteiger partial charge in [-0.25, -0.2) is 0 Å². The Morgan fingerprint density at radius 2 is 2.50 bits per heavy atom. The van der Waals surface area contributed by atoms with Crippen LogP contribution in [0.1, 0.15) is 25.5 Å². The van der Waals surface area contributed by atoms with E-state index in [1.807, 2.05) is 12.3 Å². The van der Waals surface area contributed by atoms with Gasteiger partial charge in [0.1, 0.15) is 0 Å². The Balaban J connectivity index is 1.61. The molecule has 0 atom stereocenters. The van der Waals surface area contributed by atoms with Gasteiger partial charge in [-0.15, -0.1) is 5.10 Å². The standard InChI is InChI=1S/C9H15N3OS/c1-2-13-9-3-7(4-9)10-5-8-6-14-12-11-8/h6-7,9-10H,2-5H2,1H3. The second kappa shape index (κ2) is 4.82. The van der Waals surface area contributed by atoms with Crippen LogP contribution in [0.5, 0.6) is 0 Å². The molecular formula is C9H15N3OS. The molecular weight excluding hydrogens is 198 g/mol. The Morgan fingerprint density at radius 3 is 3.14 bits per heavy atom. The lowest BCUT2D eigenvalue weighted by Crippen LogP contribution is -2.45. The van der Waals surface area contributed by atoms with Gasteiger partial charge in [-0.05, 0) is 31.3 Å². The largest absolute Gasteiger partial charge is 0.378 e. The van der Waals surface area contributed by atoms with Crippen molar-refractivity contribution in [1.82, 2.24) is 14.9 Å². The van der Waals surface area contributed by atoms with Crippen molar-refractivity contribution in [3.63, 3.8) is 0 Å². The maximum absolute atomic E-state index is 5.48. The summed E-state index contributed by atoms with van der Waals surface area (Å²) in [5.74, 6) is 0. The molecule has 1 aliphatic carbocycles. The van der Waals surface area contributed by atoms with Crippen molar-refractivity contribution < 1.29 is 4.74 Å². The van der Waals surface area contributed by atoms with E-state index in [4.69, 9.17) is 4.74 Å². The molecule has 0 amide bonds. The molecule has 0 bridgehead atoms. The molecule has 2 rings (SSSR count). The molecule has 1 N–H and O–H groups in total. The summed E-state index contributed by atoms with van der Waals surface area (Å²) < 4.78 is 9.29. The molecule has 0 radical (unpaired) electrons. The number of hydrogen-bond acceptors (Lipinski definition) is 5. The van der Waals surface area contributed by atoms with Gasteiger partial charge in [-0.3, -0.25) is 0 Å². The van der Waals surface area contributed by atoms with Crippen LogP contribution in [0.3, 0.4) is 0 Å². The van der Waals surface area contributed by atoms with Crippen molar-refractivity contribution in [3.8, 4) is 0 Å². The molecule has 4 nitrogen and oxygen atoms in total. The normalized spacial score (nSPS) is 26.1. The Hall–Kier alpha value is -0.520. The highest BCUT2D eigenvalue weighted by molar-refractivity contribution is 7.03. The molecule has 1 aliphatic rings. The predicted octanol–water partition coefficient (Wildman–Crippen LogP) is 1.20. The number of nitrogens with one attached hydrogen (secondary N) is 1. The molecule has 0 aliphatic heterocycles. The number of hydrogen-bond donors (Lipinski definition) is 1. The quantitative estimate of drug-likeness (QED) is 0.798. The molecule has 1 heterocycles. The van der Waals surface area contributed by atoms with Crippen molar-refractivity contribution in [2.24, 2.45) is 0 Å². The molecule has 0 spiro atoms. The van der Waals surface area contributed by atoms with Gasteiger partial charge in [0, 0.05) is 24.6 Å². The van der Waals surface area contributed by atoms with E-state index < -0.39 is 0 Å². The number of nitrogens with zero attached hydrogens (tertiary/aromatic N) is 2. The van der Waals surface area contributed by atoms with E-state index in [0.29, 0.717) is 12.1 Å². The minimum Gasteiger partial charge on any atom is -0.378 e. The van der Waals surface area contributed by atoms with Crippen LogP contribution in [0.2, 0.25) is 0 Å². The summed E-state index contributed by atoms with van der Waals surface area (Å²) in [6.45, 7) is 3.70. The fourth-order valence-electron chi connectivity index (χ4n) is 1.61. The van der Waals surface area contributed by atoms with E-state index in [-0.39, 0.29) is 0 Å². The first-order valence-corrected chi connectivity index (χ1v) is 5.83. The minimum atomic E-state index is 0.478. The number of rotatable bonds is 5. The molecule has 5 heteroatoms. The fraction of sp³-hybridized carbons (Fsp3) is 0.778. The zero-order valence-electron chi connectivity index (χ0n) is 8.27. The zero-order chi connectivity index (χ0) is 9.80. The maximum Gasteiger partial charge on any atom is 0.0893 e. The summed E-state index contributed by atoms with van der Waals surface area (Å²) >= 11 is 1.40. The lowest BCUT2D eigenvalue weighted by Gasteiger charge is -2.35. The molecule has 1 fully saturated rings. The van der Waals surface area contributed by atoms with E-state index in [1.165, 1.54) is 11.5 Å². The lowest BCUT2D eigenvalue weighted by atomic mass is 9.89. The van der Waals surface area contributed by atoms with Crippen LogP contribution in [0.15, 0.2) is 5.38 Å². The van der Waals surface area contributed by atoms with Crippen molar-refractivity contribution in [2.75, 3.05) is 6.61 Å². The fourth-order valence-corrected chi connectivity index (χ4v) is 2.07. The van der Waals surface area contributed by atoms with Gasteiger partial charge in [-0.2, -0.15) is 0 Å². The van der Waals surface area contributed by atoms with Crippen molar-refractivity contribution in [3.05, 3.63) is 11.1 Å². The summed E-state index contributed by atoms with van der Waals surface area (Å²) in [6.07, 6.45) is 2.74. The Kier molecular flexibility index (Phi) is 3.44. The third-order valence-corrected chi connectivity index (χ3v) is 3.03. The summed E-state index contributed by atoms with van der Waals surface area (Å²) in [5.41, 5.74) is 1.04. The average Bonchev–Trinajstić information content (AvgIpc) is 2.61. The molecule has 1 saturated carbocycles. The van der Waals surface area contributed by atoms with Crippen LogP contribution in [0.25, 0.3) is 0 Å². The van der Waals surface area contributed by atoms with Gasteiger partial charge >= 0.3 is 0 Å². The molecule has 78 valence electrons. The van der Waals surface area contributed by atoms with Crippen LogP contribution in [0.4, 0.5) is 0 Å². The number of ether oxygens (including phenoxy) is 1. The number of aromatic nitrogens is 2. The van der Waals surface area contributed by atoms with E-state index >= 15 is 0 Å². The zero-order valence-corrected chi connectivity index (χ0v) is 9.09. The van der Waals surface area contributed by atoms with Gasteiger partial charge in [0.2, 0.25) is 0 Å². The van der Waals surface area contributed by atoms with Crippen LogP contribution >= 0.6 is 11.5 Å². The van der Waals surface area contributed by atoms with Gasteiger partial charge in [0.25, 0.3) is 0 Å². The molecule has 0 saturated heterocycles. The average molecular weight is 213 g/mol. The lowest BCUT2D eigenvalue weighted by molar-refractivity contribution is -0.0103. The van der Waals surface area contributed by atoms with Gasteiger partial charge in [0.05, 0.1) is 11.8 Å². The summed E-state index contributed by atoms with van der Waals surface area (Å²) in [4.78, 5) is 0. The van der Waals surface area contributed by atoms with E-state index in [9.17, 15) is 0 Å². The maximum atomic E-state index is 5.48.